The van der Waals surface area contributed by atoms with Crippen molar-refractivity contribution >= 4 is 28.2 Å². The molecule has 0 spiro atoms. The molecule has 0 saturated heterocycles. The van der Waals surface area contributed by atoms with Crippen LogP contribution < -0.4 is 10.1 Å². The van der Waals surface area contributed by atoms with Gasteiger partial charge in [0.1, 0.15) is 10.8 Å². The number of para-hydroxylation sites is 1. The first-order chi connectivity index (χ1) is 13.9. The second kappa shape index (κ2) is 9.44. The van der Waals surface area contributed by atoms with E-state index < -0.39 is 6.10 Å². The second-order valence-corrected chi connectivity index (χ2v) is 8.68. The fraction of sp³-hybridized carbons (Fsp3) is 0.478. The third-order valence-corrected chi connectivity index (χ3v) is 6.31. The molecule has 1 aliphatic carbocycles. The number of esters is 1. The quantitative estimate of drug-likeness (QED) is 0.621. The number of aryl methyl sites for hydroxylation is 1. The SMILES string of the molecule is CCOC(=O)c1c(NC(=O)[C@@H](C)Oc2ccccc2C(C)C)sc2c1CCCC2. The number of rotatable bonds is 7. The van der Waals surface area contributed by atoms with E-state index in [1.54, 1.807) is 13.8 Å². The van der Waals surface area contributed by atoms with E-state index >= 15 is 0 Å². The van der Waals surface area contributed by atoms with Crippen LogP contribution in [0.5, 0.6) is 5.75 Å². The molecular weight excluding hydrogens is 386 g/mol. The normalized spacial score (nSPS) is 14.2. The number of anilines is 1. The molecule has 1 aliphatic rings. The Bertz CT molecular complexity index is 887. The molecule has 0 saturated carbocycles. The van der Waals surface area contributed by atoms with E-state index in [2.05, 4.69) is 19.2 Å². The summed E-state index contributed by atoms with van der Waals surface area (Å²) in [7, 11) is 0. The van der Waals surface area contributed by atoms with Crippen molar-refractivity contribution in [2.45, 2.75) is 65.4 Å². The van der Waals surface area contributed by atoms with Crippen LogP contribution in [-0.2, 0) is 22.4 Å². The lowest BCUT2D eigenvalue weighted by molar-refractivity contribution is -0.122. The minimum absolute atomic E-state index is 0.271. The van der Waals surface area contributed by atoms with Crippen molar-refractivity contribution in [3.05, 3.63) is 45.8 Å². The zero-order chi connectivity index (χ0) is 21.0. The average molecular weight is 416 g/mol. The standard InChI is InChI=1S/C23H29NO4S/c1-5-27-23(26)20-17-11-7-9-13-19(17)29-22(20)24-21(25)15(4)28-18-12-8-6-10-16(18)14(2)3/h6,8,10,12,14-15H,5,7,9,11,13H2,1-4H3,(H,24,25)/t15-/m1/s1. The number of thiophene rings is 1. The molecule has 6 heteroatoms. The first-order valence-corrected chi connectivity index (χ1v) is 11.1. The van der Waals surface area contributed by atoms with Gasteiger partial charge in [0.25, 0.3) is 5.91 Å². The number of ether oxygens (including phenoxy) is 2. The Hall–Kier alpha value is -2.34. The predicted molar refractivity (Wildman–Crippen MR) is 116 cm³/mol. The molecule has 1 amide bonds. The van der Waals surface area contributed by atoms with Gasteiger partial charge in [0, 0.05) is 4.88 Å². The van der Waals surface area contributed by atoms with E-state index in [1.165, 1.54) is 16.2 Å². The summed E-state index contributed by atoms with van der Waals surface area (Å²) in [6.45, 7) is 8.01. The van der Waals surface area contributed by atoms with Gasteiger partial charge in [0.15, 0.2) is 6.10 Å². The maximum atomic E-state index is 12.9. The van der Waals surface area contributed by atoms with Crippen molar-refractivity contribution in [1.82, 2.24) is 0 Å². The molecule has 1 aromatic heterocycles. The average Bonchev–Trinajstić information content (AvgIpc) is 3.06. The molecule has 1 aromatic carbocycles. The fourth-order valence-corrected chi connectivity index (χ4v) is 4.88. The third kappa shape index (κ3) is 4.81. The van der Waals surface area contributed by atoms with Crippen LogP contribution in [0, 0.1) is 0 Å². The fourth-order valence-electron chi connectivity index (χ4n) is 3.60. The van der Waals surface area contributed by atoms with E-state index in [1.807, 2.05) is 24.3 Å². The van der Waals surface area contributed by atoms with Crippen LogP contribution in [0.4, 0.5) is 5.00 Å². The van der Waals surface area contributed by atoms with Crippen molar-refractivity contribution in [3.63, 3.8) is 0 Å². The van der Waals surface area contributed by atoms with Crippen molar-refractivity contribution in [1.29, 1.82) is 0 Å². The van der Waals surface area contributed by atoms with Gasteiger partial charge in [-0.1, -0.05) is 32.0 Å². The number of hydrogen-bond donors (Lipinski definition) is 1. The number of amides is 1. The zero-order valence-corrected chi connectivity index (χ0v) is 18.4. The minimum atomic E-state index is -0.691. The third-order valence-electron chi connectivity index (χ3n) is 5.10. The Kier molecular flexibility index (Phi) is 6.96. The van der Waals surface area contributed by atoms with Gasteiger partial charge in [-0.05, 0) is 62.6 Å². The van der Waals surface area contributed by atoms with Gasteiger partial charge < -0.3 is 14.8 Å². The van der Waals surface area contributed by atoms with Crippen LogP contribution in [0.1, 0.15) is 72.8 Å². The first kappa shape index (κ1) is 21.4. The molecule has 1 N–H and O–H groups in total. The lowest BCUT2D eigenvalue weighted by Crippen LogP contribution is -2.30. The Morgan fingerprint density at radius 3 is 2.59 bits per heavy atom. The summed E-state index contributed by atoms with van der Waals surface area (Å²) >= 11 is 1.49. The summed E-state index contributed by atoms with van der Waals surface area (Å²) in [6, 6.07) is 7.76. The van der Waals surface area contributed by atoms with Gasteiger partial charge >= 0.3 is 5.97 Å². The second-order valence-electron chi connectivity index (χ2n) is 7.58. The first-order valence-electron chi connectivity index (χ1n) is 10.3. The van der Waals surface area contributed by atoms with E-state index in [9.17, 15) is 9.59 Å². The molecule has 5 nitrogen and oxygen atoms in total. The molecule has 0 aliphatic heterocycles. The highest BCUT2D eigenvalue weighted by Gasteiger charge is 2.28. The van der Waals surface area contributed by atoms with Gasteiger partial charge in [0.2, 0.25) is 0 Å². The topological polar surface area (TPSA) is 64.6 Å². The smallest absolute Gasteiger partial charge is 0.341 e. The van der Waals surface area contributed by atoms with Gasteiger partial charge in [-0.2, -0.15) is 0 Å². The zero-order valence-electron chi connectivity index (χ0n) is 17.5. The molecular formula is C23H29NO4S. The number of nitrogens with one attached hydrogen (secondary N) is 1. The molecule has 0 bridgehead atoms. The maximum Gasteiger partial charge on any atom is 0.341 e. The van der Waals surface area contributed by atoms with Crippen LogP contribution >= 0.6 is 11.3 Å². The van der Waals surface area contributed by atoms with Crippen LogP contribution in [-0.4, -0.2) is 24.6 Å². The molecule has 0 fully saturated rings. The highest BCUT2D eigenvalue weighted by atomic mass is 32.1. The van der Waals surface area contributed by atoms with Crippen LogP contribution in [0.15, 0.2) is 24.3 Å². The predicted octanol–water partition coefficient (Wildman–Crippen LogP) is 5.33. The van der Waals surface area contributed by atoms with Crippen molar-refractivity contribution in [2.75, 3.05) is 11.9 Å². The molecule has 1 atom stereocenters. The summed E-state index contributed by atoms with van der Waals surface area (Å²) in [5.41, 5.74) is 2.62. The molecule has 0 radical (unpaired) electrons. The Labute approximate surface area is 176 Å². The summed E-state index contributed by atoms with van der Waals surface area (Å²) < 4.78 is 11.2. The lowest BCUT2D eigenvalue weighted by atomic mass is 9.95. The largest absolute Gasteiger partial charge is 0.481 e. The van der Waals surface area contributed by atoms with Crippen LogP contribution in [0.25, 0.3) is 0 Å². The molecule has 29 heavy (non-hydrogen) atoms. The molecule has 2 aromatic rings. The maximum absolute atomic E-state index is 12.9. The van der Waals surface area contributed by atoms with E-state index in [0.29, 0.717) is 28.8 Å². The molecule has 156 valence electrons. The van der Waals surface area contributed by atoms with E-state index in [4.69, 9.17) is 9.47 Å². The summed E-state index contributed by atoms with van der Waals surface area (Å²) in [6.07, 6.45) is 3.26. The molecule has 3 rings (SSSR count). The van der Waals surface area contributed by atoms with Crippen molar-refractivity contribution in [3.8, 4) is 5.75 Å². The van der Waals surface area contributed by atoms with Gasteiger partial charge in [-0.25, -0.2) is 4.79 Å². The van der Waals surface area contributed by atoms with Crippen LogP contribution in [0.2, 0.25) is 0 Å². The summed E-state index contributed by atoms with van der Waals surface area (Å²) in [5, 5.41) is 3.51. The molecule has 0 unspecified atom stereocenters. The number of carbonyl (C=O) groups is 2. The van der Waals surface area contributed by atoms with Crippen LogP contribution in [0.3, 0.4) is 0 Å². The summed E-state index contributed by atoms with van der Waals surface area (Å²) in [4.78, 5) is 26.6. The number of benzene rings is 1. The Balaban J connectivity index is 1.80. The highest BCUT2D eigenvalue weighted by molar-refractivity contribution is 7.17. The van der Waals surface area contributed by atoms with Gasteiger partial charge in [-0.3, -0.25) is 4.79 Å². The monoisotopic (exact) mass is 415 g/mol. The Morgan fingerprint density at radius 1 is 1.14 bits per heavy atom. The lowest BCUT2D eigenvalue weighted by Gasteiger charge is -2.18. The summed E-state index contributed by atoms with van der Waals surface area (Å²) in [5.74, 6) is 0.371. The minimum Gasteiger partial charge on any atom is -0.481 e. The van der Waals surface area contributed by atoms with E-state index in [0.717, 1.165) is 36.8 Å². The number of carbonyl (C=O) groups excluding carboxylic acids is 2. The van der Waals surface area contributed by atoms with Gasteiger partial charge in [0.05, 0.1) is 12.2 Å². The number of fused-ring (bicyclic) bond motifs is 1. The van der Waals surface area contributed by atoms with Crippen molar-refractivity contribution in [2.24, 2.45) is 0 Å². The van der Waals surface area contributed by atoms with E-state index in [-0.39, 0.29) is 11.9 Å². The highest BCUT2D eigenvalue weighted by Crippen LogP contribution is 2.38. The molecule has 1 heterocycles. The Morgan fingerprint density at radius 2 is 1.86 bits per heavy atom. The van der Waals surface area contributed by atoms with Gasteiger partial charge in [-0.15, -0.1) is 11.3 Å². The van der Waals surface area contributed by atoms with Crippen molar-refractivity contribution < 1.29 is 19.1 Å². The number of hydrogen-bond acceptors (Lipinski definition) is 5.